The number of nitrogens with zero attached hydrogens (tertiary/aromatic N) is 1. The molecule has 1 aromatic carbocycles. The molecule has 0 atom stereocenters. The number of aromatic nitrogens is 1. The van der Waals surface area contributed by atoms with E-state index in [0.29, 0.717) is 12.2 Å². The molecule has 0 aliphatic rings. The van der Waals surface area contributed by atoms with Gasteiger partial charge in [0, 0.05) is 12.7 Å². The van der Waals surface area contributed by atoms with Gasteiger partial charge in [-0.3, -0.25) is 0 Å². The topological polar surface area (TPSA) is 42.2 Å². The summed E-state index contributed by atoms with van der Waals surface area (Å²) in [7, 11) is 0. The molecule has 1 heterocycles. The van der Waals surface area contributed by atoms with Crippen molar-refractivity contribution >= 4 is 5.97 Å². The highest BCUT2D eigenvalue weighted by molar-refractivity contribution is 5.87. The van der Waals surface area contributed by atoms with Crippen molar-refractivity contribution in [2.75, 3.05) is 0 Å². The summed E-state index contributed by atoms with van der Waals surface area (Å²) in [5.41, 5.74) is 3.68. The molecule has 20 heavy (non-hydrogen) atoms. The molecule has 2 aromatic rings. The van der Waals surface area contributed by atoms with Gasteiger partial charge in [-0.2, -0.15) is 0 Å². The Hall–Kier alpha value is -2.03. The van der Waals surface area contributed by atoms with Gasteiger partial charge >= 0.3 is 5.97 Å². The number of hydrogen-bond acceptors (Lipinski definition) is 1. The third-order valence-electron chi connectivity index (χ3n) is 3.54. The van der Waals surface area contributed by atoms with Gasteiger partial charge in [0.1, 0.15) is 5.69 Å². The quantitative estimate of drug-likeness (QED) is 0.921. The van der Waals surface area contributed by atoms with E-state index >= 15 is 0 Å². The summed E-state index contributed by atoms with van der Waals surface area (Å²) in [6.45, 7) is 8.95. The zero-order valence-electron chi connectivity index (χ0n) is 12.5. The fraction of sp³-hybridized carbons (Fsp3) is 0.353. The molecule has 3 heteroatoms. The number of hydrogen-bond donors (Lipinski definition) is 1. The van der Waals surface area contributed by atoms with E-state index in [2.05, 4.69) is 45.0 Å². The summed E-state index contributed by atoms with van der Waals surface area (Å²) in [6, 6.07) is 10.2. The van der Waals surface area contributed by atoms with Crippen molar-refractivity contribution in [3.05, 3.63) is 58.9 Å². The van der Waals surface area contributed by atoms with E-state index in [9.17, 15) is 9.90 Å². The lowest BCUT2D eigenvalue weighted by Crippen LogP contribution is -2.12. The van der Waals surface area contributed by atoms with E-state index < -0.39 is 5.97 Å². The molecule has 0 spiro atoms. The molecule has 0 radical (unpaired) electrons. The van der Waals surface area contributed by atoms with Crippen LogP contribution in [-0.4, -0.2) is 15.6 Å². The summed E-state index contributed by atoms with van der Waals surface area (Å²) in [6.07, 6.45) is 1.83. The van der Waals surface area contributed by atoms with Gasteiger partial charge in [0.25, 0.3) is 0 Å². The predicted molar refractivity (Wildman–Crippen MR) is 80.4 cm³/mol. The van der Waals surface area contributed by atoms with E-state index in [1.807, 2.05) is 19.2 Å². The van der Waals surface area contributed by atoms with Crippen LogP contribution in [-0.2, 0) is 12.0 Å². The van der Waals surface area contributed by atoms with Crippen LogP contribution in [0.3, 0.4) is 0 Å². The van der Waals surface area contributed by atoms with Crippen molar-refractivity contribution in [2.24, 2.45) is 0 Å². The van der Waals surface area contributed by atoms with Crippen molar-refractivity contribution in [1.29, 1.82) is 0 Å². The number of rotatable bonds is 3. The zero-order chi connectivity index (χ0) is 14.9. The Morgan fingerprint density at radius 3 is 2.25 bits per heavy atom. The van der Waals surface area contributed by atoms with Gasteiger partial charge in [0.15, 0.2) is 0 Å². The zero-order valence-corrected chi connectivity index (χ0v) is 12.5. The first-order valence-electron chi connectivity index (χ1n) is 6.77. The maximum atomic E-state index is 11.3. The Kier molecular flexibility index (Phi) is 3.71. The minimum Gasteiger partial charge on any atom is -0.477 e. The van der Waals surface area contributed by atoms with Gasteiger partial charge in [-0.25, -0.2) is 4.79 Å². The van der Waals surface area contributed by atoms with Crippen LogP contribution >= 0.6 is 0 Å². The van der Waals surface area contributed by atoms with Crippen molar-refractivity contribution in [1.82, 2.24) is 4.57 Å². The van der Waals surface area contributed by atoms with Crippen LogP contribution < -0.4 is 0 Å². The molecule has 0 bridgehead atoms. The second-order valence-electron chi connectivity index (χ2n) is 6.23. The minimum atomic E-state index is -0.876. The molecule has 0 saturated heterocycles. The first kappa shape index (κ1) is 14.4. The SMILES string of the molecule is Cc1ccn(Cc2ccc(C(C)(C)C)cc2)c1C(=O)O. The van der Waals surface area contributed by atoms with Crippen LogP contribution in [0.2, 0.25) is 0 Å². The second-order valence-corrected chi connectivity index (χ2v) is 6.23. The Morgan fingerprint density at radius 2 is 1.75 bits per heavy atom. The third kappa shape index (κ3) is 2.93. The van der Waals surface area contributed by atoms with E-state index in [4.69, 9.17) is 0 Å². The van der Waals surface area contributed by atoms with Crippen LogP contribution in [0.15, 0.2) is 36.5 Å². The van der Waals surface area contributed by atoms with Crippen LogP contribution in [0.4, 0.5) is 0 Å². The molecular weight excluding hydrogens is 250 g/mol. The lowest BCUT2D eigenvalue weighted by Gasteiger charge is -2.19. The smallest absolute Gasteiger partial charge is 0.352 e. The predicted octanol–water partition coefficient (Wildman–Crippen LogP) is 3.84. The number of aryl methyl sites for hydroxylation is 1. The molecule has 3 nitrogen and oxygen atoms in total. The van der Waals surface area contributed by atoms with Crippen molar-refractivity contribution in [2.45, 2.75) is 39.7 Å². The van der Waals surface area contributed by atoms with Gasteiger partial charge in [0.05, 0.1) is 0 Å². The molecule has 0 amide bonds. The maximum Gasteiger partial charge on any atom is 0.352 e. The Morgan fingerprint density at radius 1 is 1.15 bits per heavy atom. The largest absolute Gasteiger partial charge is 0.477 e. The van der Waals surface area contributed by atoms with E-state index in [0.717, 1.165) is 11.1 Å². The second kappa shape index (κ2) is 5.16. The molecule has 0 fully saturated rings. The summed E-state index contributed by atoms with van der Waals surface area (Å²) in [5.74, 6) is -0.876. The fourth-order valence-corrected chi connectivity index (χ4v) is 2.31. The number of aromatic carboxylic acids is 1. The average Bonchev–Trinajstić information content (AvgIpc) is 2.70. The molecule has 2 rings (SSSR count). The molecule has 0 aliphatic carbocycles. The first-order valence-corrected chi connectivity index (χ1v) is 6.77. The fourth-order valence-electron chi connectivity index (χ4n) is 2.31. The van der Waals surface area contributed by atoms with E-state index in [1.165, 1.54) is 5.56 Å². The normalized spacial score (nSPS) is 11.6. The van der Waals surface area contributed by atoms with Crippen molar-refractivity contribution in [3.63, 3.8) is 0 Å². The van der Waals surface area contributed by atoms with Gasteiger partial charge in [-0.05, 0) is 35.1 Å². The first-order chi connectivity index (χ1) is 9.29. The van der Waals surface area contributed by atoms with Crippen LogP contribution in [0, 0.1) is 6.92 Å². The van der Waals surface area contributed by atoms with Gasteiger partial charge in [-0.15, -0.1) is 0 Å². The van der Waals surface area contributed by atoms with Crippen LogP contribution in [0.25, 0.3) is 0 Å². The molecule has 0 saturated carbocycles. The number of carbonyl (C=O) groups is 1. The van der Waals surface area contributed by atoms with E-state index in [-0.39, 0.29) is 5.41 Å². The third-order valence-corrected chi connectivity index (χ3v) is 3.54. The maximum absolute atomic E-state index is 11.3. The Labute approximate surface area is 119 Å². The highest BCUT2D eigenvalue weighted by Gasteiger charge is 2.15. The van der Waals surface area contributed by atoms with Crippen molar-refractivity contribution in [3.8, 4) is 0 Å². The molecule has 0 aliphatic heterocycles. The number of carboxylic acids is 1. The lowest BCUT2D eigenvalue weighted by atomic mass is 9.87. The summed E-state index contributed by atoms with van der Waals surface area (Å²) in [4.78, 5) is 11.3. The Balaban J connectivity index is 2.25. The van der Waals surface area contributed by atoms with Crippen LogP contribution in [0.5, 0.6) is 0 Å². The molecular formula is C17H21NO2. The molecule has 1 aromatic heterocycles. The summed E-state index contributed by atoms with van der Waals surface area (Å²) in [5, 5.41) is 9.24. The average molecular weight is 271 g/mol. The van der Waals surface area contributed by atoms with Crippen molar-refractivity contribution < 1.29 is 9.90 Å². The van der Waals surface area contributed by atoms with Gasteiger partial charge in [-0.1, -0.05) is 45.0 Å². The van der Waals surface area contributed by atoms with Crippen LogP contribution in [0.1, 0.15) is 48.0 Å². The van der Waals surface area contributed by atoms with Gasteiger partial charge in [0.2, 0.25) is 0 Å². The minimum absolute atomic E-state index is 0.134. The van der Waals surface area contributed by atoms with E-state index in [1.54, 1.807) is 4.57 Å². The number of carboxylic acid groups (broad SMARTS) is 1. The highest BCUT2D eigenvalue weighted by atomic mass is 16.4. The Bertz CT molecular complexity index is 615. The molecule has 1 N–H and O–H groups in total. The standard InChI is InChI=1S/C17H21NO2/c1-12-9-10-18(15(12)16(19)20)11-13-5-7-14(8-6-13)17(2,3)4/h5-10H,11H2,1-4H3,(H,19,20). The summed E-state index contributed by atoms with van der Waals surface area (Å²) >= 11 is 0. The van der Waals surface area contributed by atoms with Gasteiger partial charge < -0.3 is 9.67 Å². The molecule has 106 valence electrons. The highest BCUT2D eigenvalue weighted by Crippen LogP contribution is 2.22. The molecule has 0 unspecified atom stereocenters. The lowest BCUT2D eigenvalue weighted by molar-refractivity contribution is 0.0685. The summed E-state index contributed by atoms with van der Waals surface area (Å²) < 4.78 is 1.78. The number of benzene rings is 1. The monoisotopic (exact) mass is 271 g/mol.